The predicted molar refractivity (Wildman–Crippen MR) is 92.3 cm³/mol. The summed E-state index contributed by atoms with van der Waals surface area (Å²) in [5.41, 5.74) is 1.91. The minimum Gasteiger partial charge on any atom is -0.481 e. The molecule has 2 rings (SSSR count). The van der Waals surface area contributed by atoms with Crippen LogP contribution in [-0.4, -0.2) is 16.9 Å². The van der Waals surface area contributed by atoms with E-state index in [1.807, 2.05) is 38.1 Å². The Hall–Kier alpha value is -2.89. The van der Waals surface area contributed by atoms with Crippen LogP contribution in [0.2, 0.25) is 0 Å². The number of carbonyl (C=O) groups excluding carboxylic acids is 1. The lowest BCUT2D eigenvalue weighted by atomic mass is 10.1. The van der Waals surface area contributed by atoms with Gasteiger partial charge < -0.3 is 10.1 Å². The van der Waals surface area contributed by atoms with Gasteiger partial charge in [-0.25, -0.2) is 0 Å². The molecule has 0 saturated carbocycles. The van der Waals surface area contributed by atoms with Crippen molar-refractivity contribution < 1.29 is 14.5 Å². The minimum atomic E-state index is -0.675. The summed E-state index contributed by atoms with van der Waals surface area (Å²) >= 11 is 0. The molecule has 6 heteroatoms. The van der Waals surface area contributed by atoms with Crippen LogP contribution < -0.4 is 10.1 Å². The molecule has 0 aliphatic heterocycles. The number of nitro benzene ring substituents is 1. The molecule has 6 nitrogen and oxygen atoms in total. The van der Waals surface area contributed by atoms with Gasteiger partial charge in [0.2, 0.25) is 0 Å². The van der Waals surface area contributed by atoms with Crippen LogP contribution in [0.3, 0.4) is 0 Å². The maximum Gasteiger partial charge on any atom is 0.274 e. The third-order valence-electron chi connectivity index (χ3n) is 3.72. The molecule has 0 radical (unpaired) electrons. The van der Waals surface area contributed by atoms with E-state index in [9.17, 15) is 14.9 Å². The first-order valence-electron chi connectivity index (χ1n) is 7.70. The summed E-state index contributed by atoms with van der Waals surface area (Å²) in [6.07, 6.45) is -0.195. The second-order valence-corrected chi connectivity index (χ2v) is 5.52. The number of nitrogens with one attached hydrogen (secondary N) is 1. The van der Waals surface area contributed by atoms with Crippen molar-refractivity contribution in [3.63, 3.8) is 0 Å². The summed E-state index contributed by atoms with van der Waals surface area (Å²) in [5.74, 6) is 0.278. The van der Waals surface area contributed by atoms with Gasteiger partial charge in [-0.15, -0.1) is 0 Å². The highest BCUT2D eigenvalue weighted by Crippen LogP contribution is 2.25. The van der Waals surface area contributed by atoms with E-state index in [0.29, 0.717) is 23.4 Å². The number of nitrogens with zero attached hydrogens (tertiary/aromatic N) is 1. The smallest absolute Gasteiger partial charge is 0.274 e. The Morgan fingerprint density at radius 1 is 1.21 bits per heavy atom. The van der Waals surface area contributed by atoms with Crippen molar-refractivity contribution >= 4 is 17.3 Å². The lowest BCUT2D eigenvalue weighted by molar-refractivity contribution is -0.385. The Balaban J connectivity index is 2.13. The van der Waals surface area contributed by atoms with Crippen molar-refractivity contribution in [2.45, 2.75) is 33.3 Å². The van der Waals surface area contributed by atoms with Crippen molar-refractivity contribution in [1.82, 2.24) is 0 Å². The first kappa shape index (κ1) is 17.5. The predicted octanol–water partition coefficient (Wildman–Crippen LogP) is 4.01. The highest BCUT2D eigenvalue weighted by atomic mass is 16.6. The molecule has 0 aliphatic carbocycles. The Kier molecular flexibility index (Phi) is 5.52. The van der Waals surface area contributed by atoms with Crippen LogP contribution in [0.1, 0.15) is 24.5 Å². The van der Waals surface area contributed by atoms with Crippen molar-refractivity contribution in [3.8, 4) is 5.75 Å². The van der Waals surface area contributed by atoms with E-state index in [0.717, 1.165) is 5.56 Å². The molecule has 2 aromatic rings. The van der Waals surface area contributed by atoms with Crippen LogP contribution in [0.4, 0.5) is 11.4 Å². The fourth-order valence-electron chi connectivity index (χ4n) is 2.27. The summed E-state index contributed by atoms with van der Waals surface area (Å²) in [7, 11) is 0. The third-order valence-corrected chi connectivity index (χ3v) is 3.72. The maximum absolute atomic E-state index is 12.4. The van der Waals surface area contributed by atoms with E-state index in [4.69, 9.17) is 4.74 Å². The average Bonchev–Trinajstić information content (AvgIpc) is 2.55. The molecule has 24 heavy (non-hydrogen) atoms. The summed E-state index contributed by atoms with van der Waals surface area (Å²) in [5, 5.41) is 13.7. The molecule has 1 N–H and O–H groups in total. The molecule has 1 amide bonds. The van der Waals surface area contributed by atoms with Crippen molar-refractivity contribution in [3.05, 3.63) is 63.7 Å². The molecule has 0 heterocycles. The van der Waals surface area contributed by atoms with Crippen LogP contribution in [0.25, 0.3) is 0 Å². The van der Waals surface area contributed by atoms with Crippen LogP contribution in [0, 0.1) is 24.0 Å². The maximum atomic E-state index is 12.4. The van der Waals surface area contributed by atoms with Crippen LogP contribution in [-0.2, 0) is 4.79 Å². The van der Waals surface area contributed by atoms with Gasteiger partial charge in [0.05, 0.1) is 16.2 Å². The van der Waals surface area contributed by atoms with Crippen molar-refractivity contribution in [2.75, 3.05) is 5.32 Å². The first-order chi connectivity index (χ1) is 11.4. The van der Waals surface area contributed by atoms with Gasteiger partial charge in [-0.05, 0) is 38.5 Å². The SMILES string of the molecule is CC[C@@H](Oc1ccc(C)cc1)C(=O)Nc1cccc([N+](=O)[O-])c1C. The van der Waals surface area contributed by atoms with Gasteiger partial charge in [0, 0.05) is 6.07 Å². The highest BCUT2D eigenvalue weighted by molar-refractivity contribution is 5.95. The number of hydrogen-bond acceptors (Lipinski definition) is 4. The summed E-state index contributed by atoms with van der Waals surface area (Å²) in [6.45, 7) is 5.42. The van der Waals surface area contributed by atoms with Gasteiger partial charge in [0.15, 0.2) is 6.10 Å². The van der Waals surface area contributed by atoms with Gasteiger partial charge in [0.25, 0.3) is 11.6 Å². The Labute approximate surface area is 140 Å². The van der Waals surface area contributed by atoms with Crippen LogP contribution in [0.5, 0.6) is 5.75 Å². The normalized spacial score (nSPS) is 11.6. The van der Waals surface area contributed by atoms with Crippen molar-refractivity contribution in [1.29, 1.82) is 0 Å². The first-order valence-corrected chi connectivity index (χ1v) is 7.70. The summed E-state index contributed by atoms with van der Waals surface area (Å²) < 4.78 is 5.72. The monoisotopic (exact) mass is 328 g/mol. The molecular weight excluding hydrogens is 308 g/mol. The van der Waals surface area contributed by atoms with Gasteiger partial charge in [-0.3, -0.25) is 14.9 Å². The van der Waals surface area contributed by atoms with E-state index in [-0.39, 0.29) is 11.6 Å². The molecule has 0 bridgehead atoms. The number of ether oxygens (including phenoxy) is 1. The fraction of sp³-hybridized carbons (Fsp3) is 0.278. The van der Waals surface area contributed by atoms with Crippen LogP contribution >= 0.6 is 0 Å². The largest absolute Gasteiger partial charge is 0.481 e. The highest BCUT2D eigenvalue weighted by Gasteiger charge is 2.21. The zero-order chi connectivity index (χ0) is 17.7. The standard InChI is InChI=1S/C18H20N2O4/c1-4-17(24-14-10-8-12(2)9-11-14)18(21)19-15-6-5-7-16(13(15)3)20(22)23/h5-11,17H,4H2,1-3H3,(H,19,21)/t17-/m1/s1. The molecule has 0 aromatic heterocycles. The molecule has 0 saturated heterocycles. The number of carbonyl (C=O) groups is 1. The van der Waals surface area contributed by atoms with E-state index in [2.05, 4.69) is 5.32 Å². The number of hydrogen-bond donors (Lipinski definition) is 1. The van der Waals surface area contributed by atoms with Gasteiger partial charge >= 0.3 is 0 Å². The van der Waals surface area contributed by atoms with Crippen LogP contribution in [0.15, 0.2) is 42.5 Å². The number of amides is 1. The van der Waals surface area contributed by atoms with Gasteiger partial charge in [-0.2, -0.15) is 0 Å². The Morgan fingerprint density at radius 3 is 2.46 bits per heavy atom. The number of anilines is 1. The van der Waals surface area contributed by atoms with Crippen molar-refractivity contribution in [2.24, 2.45) is 0 Å². The molecule has 0 unspecified atom stereocenters. The van der Waals surface area contributed by atoms with E-state index >= 15 is 0 Å². The average molecular weight is 328 g/mol. The zero-order valence-electron chi connectivity index (χ0n) is 13.9. The number of benzene rings is 2. The molecule has 0 spiro atoms. The Morgan fingerprint density at radius 2 is 1.88 bits per heavy atom. The second kappa shape index (κ2) is 7.59. The summed E-state index contributed by atoms with van der Waals surface area (Å²) in [6, 6.07) is 12.0. The Bertz CT molecular complexity index is 741. The number of nitro groups is 1. The lowest BCUT2D eigenvalue weighted by Gasteiger charge is -2.18. The fourth-order valence-corrected chi connectivity index (χ4v) is 2.27. The minimum absolute atomic E-state index is 0.0275. The third kappa shape index (κ3) is 4.10. The summed E-state index contributed by atoms with van der Waals surface area (Å²) in [4.78, 5) is 23.0. The molecule has 2 aromatic carbocycles. The number of rotatable bonds is 6. The topological polar surface area (TPSA) is 81.5 Å². The van der Waals surface area contributed by atoms with E-state index in [1.165, 1.54) is 6.07 Å². The molecule has 1 atom stereocenters. The zero-order valence-corrected chi connectivity index (χ0v) is 13.9. The molecule has 126 valence electrons. The van der Waals surface area contributed by atoms with Gasteiger partial charge in [-0.1, -0.05) is 30.7 Å². The lowest BCUT2D eigenvalue weighted by Crippen LogP contribution is -2.32. The van der Waals surface area contributed by atoms with E-state index < -0.39 is 11.0 Å². The number of aryl methyl sites for hydroxylation is 1. The van der Waals surface area contributed by atoms with Gasteiger partial charge in [0.1, 0.15) is 5.75 Å². The second-order valence-electron chi connectivity index (χ2n) is 5.52. The quantitative estimate of drug-likeness (QED) is 0.641. The van der Waals surface area contributed by atoms with E-state index in [1.54, 1.807) is 19.1 Å². The molecule has 0 fully saturated rings. The molecular formula is C18H20N2O4. The molecule has 0 aliphatic rings.